The van der Waals surface area contributed by atoms with Crippen molar-refractivity contribution in [1.82, 2.24) is 19.4 Å². The maximum absolute atomic E-state index is 14.5. The first-order valence-corrected chi connectivity index (χ1v) is 17.4. The Balaban J connectivity index is 1.08. The number of guanidine groups is 1. The minimum Gasteiger partial charge on any atom is -0.497 e. The molecule has 2 bridgehead atoms. The number of hydrogen-bond donors (Lipinski definition) is 1. The second-order valence-corrected chi connectivity index (χ2v) is 14.7. The molecule has 1 N–H and O–H groups in total. The van der Waals surface area contributed by atoms with Gasteiger partial charge in [0.2, 0.25) is 0 Å². The topological polar surface area (TPSA) is 84.2 Å². The molecule has 5 aliphatic rings. The third-order valence-electron chi connectivity index (χ3n) is 11.7. The van der Waals surface area contributed by atoms with Crippen molar-refractivity contribution in [3.8, 4) is 5.75 Å². The van der Waals surface area contributed by atoms with Gasteiger partial charge in [-0.05, 0) is 85.1 Å². The third kappa shape index (κ3) is 6.51. The van der Waals surface area contributed by atoms with Crippen LogP contribution < -0.4 is 15.6 Å². The lowest BCUT2D eigenvalue weighted by Gasteiger charge is -2.61. The lowest BCUT2D eigenvalue weighted by molar-refractivity contribution is -0.108. The number of rotatable bonds is 8. The summed E-state index contributed by atoms with van der Waals surface area (Å²) < 4.78 is 27.1. The number of nitrogens with zero attached hydrogens (tertiary/aromatic N) is 5. The Morgan fingerprint density at radius 2 is 1.98 bits per heavy atom. The molecule has 2 unspecified atom stereocenters. The summed E-state index contributed by atoms with van der Waals surface area (Å²) in [6.07, 6.45) is 7.10. The zero-order valence-electron chi connectivity index (χ0n) is 28.3. The summed E-state index contributed by atoms with van der Waals surface area (Å²) in [6.45, 7) is 13.3. The predicted molar refractivity (Wildman–Crippen MR) is 184 cm³/mol. The van der Waals surface area contributed by atoms with E-state index in [1.165, 1.54) is 26.0 Å². The van der Waals surface area contributed by atoms with E-state index in [4.69, 9.17) is 14.5 Å². The summed E-state index contributed by atoms with van der Waals surface area (Å²) >= 11 is 0. The number of aryl methyl sites for hydroxylation is 2. The molecule has 3 aromatic rings. The minimum atomic E-state index is -0.341. The van der Waals surface area contributed by atoms with Gasteiger partial charge in [0.05, 0.1) is 36.5 Å². The van der Waals surface area contributed by atoms with Gasteiger partial charge in [0.15, 0.2) is 5.96 Å². The van der Waals surface area contributed by atoms with Gasteiger partial charge in [-0.3, -0.25) is 14.3 Å². The smallest absolute Gasteiger partial charge is 0.261 e. The molecule has 9 nitrogen and oxygen atoms in total. The van der Waals surface area contributed by atoms with Crippen molar-refractivity contribution in [3.63, 3.8) is 0 Å². The van der Waals surface area contributed by atoms with E-state index in [2.05, 4.69) is 40.9 Å². The summed E-state index contributed by atoms with van der Waals surface area (Å²) in [4.78, 5) is 28.4. The standard InChI is InChI=1S/C37H49FN6O3/c1-24-31-18-26(37(31,2)3)19-33(24)41-36(43-15-13-42(14-16-43)22-29-6-5-17-47-29)40-27-8-10-30-34(20-27)39-23-44(35(30)45)12-11-25-7-9-28(46-4)21-32(25)38/h7-10,20-21,23-24,26,29,31,33H,5-6,11-19,22H2,1-4H3,(H,40,41)/t24-,26-,29?,31+,33?/m0/s1. The average Bonchev–Trinajstić information content (AvgIpc) is 3.58. The van der Waals surface area contributed by atoms with E-state index in [-0.39, 0.29) is 11.4 Å². The van der Waals surface area contributed by atoms with E-state index in [9.17, 15) is 9.18 Å². The normalized spacial score (nSPS) is 27.6. The van der Waals surface area contributed by atoms with Crippen LogP contribution in [-0.4, -0.2) is 83.9 Å². The second kappa shape index (κ2) is 13.2. The molecule has 252 valence electrons. The quantitative estimate of drug-likeness (QED) is 0.259. The summed E-state index contributed by atoms with van der Waals surface area (Å²) in [7, 11) is 1.51. The van der Waals surface area contributed by atoms with Crippen molar-refractivity contribution in [1.29, 1.82) is 0 Å². The Bertz CT molecular complexity index is 1680. The SMILES string of the molecule is COc1ccc(CCn2cnc3cc(N/C(=N/C4C[C@@H]5C[C@H]([C@@H]4C)C5(C)C)N4CCN(CC5CCCO5)CC4)ccc3c2=O)c(F)c1. The molecule has 0 amide bonds. The van der Waals surface area contributed by atoms with Gasteiger partial charge in [0.1, 0.15) is 11.6 Å². The molecular weight excluding hydrogens is 595 g/mol. The molecule has 2 aromatic carbocycles. The zero-order valence-corrected chi connectivity index (χ0v) is 28.3. The Kier molecular flexibility index (Phi) is 9.00. The van der Waals surface area contributed by atoms with Gasteiger partial charge >= 0.3 is 0 Å². The average molecular weight is 645 g/mol. The molecule has 8 rings (SSSR count). The van der Waals surface area contributed by atoms with Gasteiger partial charge in [-0.2, -0.15) is 0 Å². The molecular formula is C37H49FN6O3. The zero-order chi connectivity index (χ0) is 32.7. The number of nitrogens with one attached hydrogen (secondary N) is 1. The molecule has 1 aromatic heterocycles. The van der Waals surface area contributed by atoms with Crippen molar-refractivity contribution in [2.75, 3.05) is 51.8 Å². The molecule has 5 fully saturated rings. The maximum Gasteiger partial charge on any atom is 0.261 e. The molecule has 47 heavy (non-hydrogen) atoms. The van der Waals surface area contributed by atoms with Crippen LogP contribution in [0.2, 0.25) is 0 Å². The van der Waals surface area contributed by atoms with E-state index in [1.54, 1.807) is 23.0 Å². The van der Waals surface area contributed by atoms with Crippen LogP contribution in [0.1, 0.15) is 52.0 Å². The first kappa shape index (κ1) is 32.1. The van der Waals surface area contributed by atoms with Crippen molar-refractivity contribution < 1.29 is 13.9 Å². The van der Waals surface area contributed by atoms with Crippen LogP contribution in [0.3, 0.4) is 0 Å². The van der Waals surface area contributed by atoms with E-state index in [1.807, 2.05) is 18.2 Å². The van der Waals surface area contributed by atoms with Crippen LogP contribution in [0.4, 0.5) is 10.1 Å². The van der Waals surface area contributed by atoms with Crippen molar-refractivity contribution in [2.24, 2.45) is 28.2 Å². The van der Waals surface area contributed by atoms with Crippen LogP contribution >= 0.6 is 0 Å². The number of methoxy groups -OCH3 is 1. The molecule has 10 heteroatoms. The highest BCUT2D eigenvalue weighted by molar-refractivity contribution is 5.96. The first-order valence-electron chi connectivity index (χ1n) is 17.4. The Labute approximate surface area is 277 Å². The Hall–Kier alpha value is -3.50. The highest BCUT2D eigenvalue weighted by atomic mass is 19.1. The first-order chi connectivity index (χ1) is 22.7. The number of hydrogen-bond acceptors (Lipinski definition) is 6. The van der Waals surface area contributed by atoms with Crippen LogP contribution in [0.25, 0.3) is 10.9 Å². The van der Waals surface area contributed by atoms with Gasteiger partial charge in [0, 0.05) is 57.6 Å². The van der Waals surface area contributed by atoms with Crippen LogP contribution in [0.15, 0.2) is 52.5 Å². The fourth-order valence-corrected chi connectivity index (χ4v) is 8.48. The van der Waals surface area contributed by atoms with Gasteiger partial charge < -0.3 is 19.7 Å². The molecule has 0 radical (unpaired) electrons. The highest BCUT2D eigenvalue weighted by Crippen LogP contribution is 2.61. The van der Waals surface area contributed by atoms with Crippen molar-refractivity contribution in [2.45, 2.75) is 71.6 Å². The van der Waals surface area contributed by atoms with Crippen molar-refractivity contribution in [3.05, 3.63) is 64.5 Å². The number of halogens is 1. The minimum absolute atomic E-state index is 0.135. The second-order valence-electron chi connectivity index (χ2n) is 14.7. The van der Waals surface area contributed by atoms with Crippen LogP contribution in [-0.2, 0) is 17.7 Å². The number of ether oxygens (including phenoxy) is 2. The number of aromatic nitrogens is 2. The lowest BCUT2D eigenvalue weighted by atomic mass is 9.45. The van der Waals surface area contributed by atoms with E-state index in [0.29, 0.717) is 64.6 Å². The Morgan fingerprint density at radius 3 is 2.68 bits per heavy atom. The summed E-state index contributed by atoms with van der Waals surface area (Å²) in [6, 6.07) is 10.8. The van der Waals surface area contributed by atoms with Gasteiger partial charge in [-0.1, -0.05) is 26.8 Å². The molecule has 2 aliphatic heterocycles. The van der Waals surface area contributed by atoms with E-state index in [0.717, 1.165) is 69.7 Å². The monoisotopic (exact) mass is 644 g/mol. The van der Waals surface area contributed by atoms with Gasteiger partial charge in [0.25, 0.3) is 5.56 Å². The predicted octanol–water partition coefficient (Wildman–Crippen LogP) is 5.42. The Morgan fingerprint density at radius 1 is 1.15 bits per heavy atom. The lowest BCUT2D eigenvalue weighted by Crippen LogP contribution is -2.57. The van der Waals surface area contributed by atoms with E-state index >= 15 is 0 Å². The molecule has 2 saturated heterocycles. The van der Waals surface area contributed by atoms with Gasteiger partial charge in [-0.25, -0.2) is 14.4 Å². The summed E-state index contributed by atoms with van der Waals surface area (Å²) in [5, 5.41) is 4.21. The molecule has 3 saturated carbocycles. The van der Waals surface area contributed by atoms with Gasteiger partial charge in [-0.15, -0.1) is 0 Å². The fraction of sp³-hybridized carbons (Fsp3) is 0.595. The summed E-state index contributed by atoms with van der Waals surface area (Å²) in [5.74, 6) is 3.04. The third-order valence-corrected chi connectivity index (χ3v) is 11.7. The number of aliphatic imine (C=N–C) groups is 1. The molecule has 3 heterocycles. The number of fused-ring (bicyclic) bond motifs is 3. The number of benzene rings is 2. The molecule has 0 spiro atoms. The fourth-order valence-electron chi connectivity index (χ4n) is 8.48. The van der Waals surface area contributed by atoms with Crippen LogP contribution in [0, 0.1) is 29.0 Å². The largest absolute Gasteiger partial charge is 0.497 e. The number of anilines is 1. The highest BCUT2D eigenvalue weighted by Gasteiger charge is 2.56. The summed E-state index contributed by atoms with van der Waals surface area (Å²) in [5.41, 5.74) is 2.31. The molecule has 5 atom stereocenters. The molecule has 3 aliphatic carbocycles. The van der Waals surface area contributed by atoms with E-state index < -0.39 is 0 Å². The maximum atomic E-state index is 14.5. The van der Waals surface area contributed by atoms with Crippen molar-refractivity contribution >= 4 is 22.5 Å². The van der Waals surface area contributed by atoms with Crippen LogP contribution in [0.5, 0.6) is 5.75 Å². The number of piperazine rings is 1.